The van der Waals surface area contributed by atoms with Crippen LogP contribution in [0.3, 0.4) is 0 Å². The lowest BCUT2D eigenvalue weighted by Crippen LogP contribution is -2.12. The van der Waals surface area contributed by atoms with Crippen LogP contribution in [-0.4, -0.2) is 10.2 Å². The van der Waals surface area contributed by atoms with Gasteiger partial charge in [-0.2, -0.15) is 5.10 Å². The minimum atomic E-state index is 0.708. The highest BCUT2D eigenvalue weighted by molar-refractivity contribution is 5.28. The van der Waals surface area contributed by atoms with Crippen molar-refractivity contribution < 1.29 is 0 Å². The first-order valence-corrected chi connectivity index (χ1v) is 5.71. The first kappa shape index (κ1) is 9.75. The molecule has 0 fully saturated rings. The summed E-state index contributed by atoms with van der Waals surface area (Å²) in [6.45, 7) is 6.86. The van der Waals surface area contributed by atoms with Gasteiger partial charge in [0.2, 0.25) is 0 Å². The maximum absolute atomic E-state index is 4.45. The molecular formula is C12H20N2. The molecule has 1 aromatic rings. The van der Waals surface area contributed by atoms with Gasteiger partial charge < -0.3 is 0 Å². The molecule has 0 saturated carbocycles. The Morgan fingerprint density at radius 3 is 3.00 bits per heavy atom. The van der Waals surface area contributed by atoms with Crippen LogP contribution < -0.4 is 0 Å². The smallest absolute Gasteiger partial charge is 0.0659 e. The summed E-state index contributed by atoms with van der Waals surface area (Å²) in [5.41, 5.74) is 4.25. The molecule has 2 heteroatoms. The molecule has 1 aromatic heterocycles. The average Bonchev–Trinajstić information content (AvgIpc) is 2.47. The molecule has 14 heavy (non-hydrogen) atoms. The second-order valence-electron chi connectivity index (χ2n) is 5.07. The molecule has 0 aliphatic heterocycles. The van der Waals surface area contributed by atoms with Gasteiger partial charge in [-0.15, -0.1) is 0 Å². The minimum Gasteiger partial charge on any atom is -0.282 e. The van der Waals surface area contributed by atoms with Gasteiger partial charge in [-0.1, -0.05) is 20.8 Å². The Bertz CT molecular complexity index is 312. The number of aryl methyl sites for hydroxylation is 1. The van der Waals surface area contributed by atoms with Crippen LogP contribution in [0.2, 0.25) is 0 Å². The number of fused-ring (bicyclic) bond motifs is 1. The predicted octanol–water partition coefficient (Wildman–Crippen LogP) is 2.73. The summed E-state index contributed by atoms with van der Waals surface area (Å²) in [4.78, 5) is 0. The molecule has 78 valence electrons. The van der Waals surface area contributed by atoms with Gasteiger partial charge >= 0.3 is 0 Å². The fourth-order valence-corrected chi connectivity index (χ4v) is 2.29. The van der Waals surface area contributed by atoms with Gasteiger partial charge in [0.05, 0.1) is 5.69 Å². The zero-order chi connectivity index (χ0) is 10.1. The average molecular weight is 192 g/mol. The number of nitrogens with zero attached hydrogens (tertiary/aromatic N) is 1. The molecule has 0 saturated heterocycles. The third-order valence-corrected chi connectivity index (χ3v) is 3.08. The molecule has 1 unspecified atom stereocenters. The highest BCUT2D eigenvalue weighted by Gasteiger charge is 2.21. The SMILES string of the molecule is CC(C)Cc1n[nH]c2c1CC(C)CC2. The molecule has 0 spiro atoms. The van der Waals surface area contributed by atoms with Gasteiger partial charge in [-0.05, 0) is 43.1 Å². The number of rotatable bonds is 2. The highest BCUT2D eigenvalue weighted by Crippen LogP contribution is 2.27. The van der Waals surface area contributed by atoms with Crippen LogP contribution in [0.5, 0.6) is 0 Å². The molecule has 1 heterocycles. The van der Waals surface area contributed by atoms with Crippen LogP contribution in [0.25, 0.3) is 0 Å². The summed E-state index contributed by atoms with van der Waals surface area (Å²) in [7, 11) is 0. The number of H-pyrrole nitrogens is 1. The molecule has 1 aliphatic carbocycles. The third-order valence-electron chi connectivity index (χ3n) is 3.08. The van der Waals surface area contributed by atoms with Crippen molar-refractivity contribution in [1.29, 1.82) is 0 Å². The lowest BCUT2D eigenvalue weighted by atomic mass is 9.86. The van der Waals surface area contributed by atoms with Crippen LogP contribution in [-0.2, 0) is 19.3 Å². The molecule has 1 aliphatic rings. The maximum atomic E-state index is 4.45. The van der Waals surface area contributed by atoms with Crippen molar-refractivity contribution in [3.63, 3.8) is 0 Å². The van der Waals surface area contributed by atoms with E-state index in [2.05, 4.69) is 31.0 Å². The first-order chi connectivity index (χ1) is 6.66. The summed E-state index contributed by atoms with van der Waals surface area (Å²) >= 11 is 0. The topological polar surface area (TPSA) is 28.7 Å². The quantitative estimate of drug-likeness (QED) is 0.767. The molecule has 0 bridgehead atoms. The first-order valence-electron chi connectivity index (χ1n) is 5.71. The molecule has 2 rings (SSSR count). The van der Waals surface area contributed by atoms with E-state index in [1.807, 2.05) is 0 Å². The van der Waals surface area contributed by atoms with Gasteiger partial charge in [0, 0.05) is 5.69 Å². The molecule has 2 nitrogen and oxygen atoms in total. The predicted molar refractivity (Wildman–Crippen MR) is 58.3 cm³/mol. The van der Waals surface area contributed by atoms with E-state index in [4.69, 9.17) is 0 Å². The standard InChI is InChI=1S/C12H20N2/c1-8(2)6-12-10-7-9(3)4-5-11(10)13-14-12/h8-9H,4-7H2,1-3H3,(H,13,14). The zero-order valence-electron chi connectivity index (χ0n) is 9.43. The lowest BCUT2D eigenvalue weighted by Gasteiger charge is -2.18. The van der Waals surface area contributed by atoms with E-state index in [1.165, 1.54) is 36.2 Å². The van der Waals surface area contributed by atoms with E-state index in [-0.39, 0.29) is 0 Å². The van der Waals surface area contributed by atoms with E-state index in [9.17, 15) is 0 Å². The highest BCUT2D eigenvalue weighted by atomic mass is 15.1. The Morgan fingerprint density at radius 2 is 2.29 bits per heavy atom. The Kier molecular flexibility index (Phi) is 2.62. The van der Waals surface area contributed by atoms with Crippen molar-refractivity contribution in [2.45, 2.75) is 46.5 Å². The fraction of sp³-hybridized carbons (Fsp3) is 0.750. The Labute approximate surface area is 86.1 Å². The van der Waals surface area contributed by atoms with Crippen molar-refractivity contribution in [3.8, 4) is 0 Å². The molecule has 0 amide bonds. The van der Waals surface area contributed by atoms with E-state index in [1.54, 1.807) is 0 Å². The molecule has 0 aromatic carbocycles. The number of nitrogens with one attached hydrogen (secondary N) is 1. The fourth-order valence-electron chi connectivity index (χ4n) is 2.29. The number of hydrogen-bond donors (Lipinski definition) is 1. The Morgan fingerprint density at radius 1 is 1.50 bits per heavy atom. The number of aromatic nitrogens is 2. The van der Waals surface area contributed by atoms with Crippen molar-refractivity contribution in [3.05, 3.63) is 17.0 Å². The van der Waals surface area contributed by atoms with E-state index >= 15 is 0 Å². The van der Waals surface area contributed by atoms with Crippen molar-refractivity contribution >= 4 is 0 Å². The summed E-state index contributed by atoms with van der Waals surface area (Å²) in [5.74, 6) is 1.55. The Balaban J connectivity index is 2.22. The molecule has 1 atom stereocenters. The minimum absolute atomic E-state index is 0.708. The van der Waals surface area contributed by atoms with Gasteiger partial charge in [0.15, 0.2) is 0 Å². The van der Waals surface area contributed by atoms with Crippen LogP contribution in [0, 0.1) is 11.8 Å². The Hall–Kier alpha value is -0.790. The summed E-state index contributed by atoms with van der Waals surface area (Å²) in [6.07, 6.45) is 4.87. The number of aromatic amines is 1. The maximum Gasteiger partial charge on any atom is 0.0659 e. The summed E-state index contributed by atoms with van der Waals surface area (Å²) < 4.78 is 0. The van der Waals surface area contributed by atoms with E-state index in [0.717, 1.165) is 12.3 Å². The van der Waals surface area contributed by atoms with Gasteiger partial charge in [0.25, 0.3) is 0 Å². The van der Waals surface area contributed by atoms with Crippen molar-refractivity contribution in [2.75, 3.05) is 0 Å². The monoisotopic (exact) mass is 192 g/mol. The van der Waals surface area contributed by atoms with E-state index in [0.29, 0.717) is 5.92 Å². The normalized spacial score (nSPS) is 21.3. The summed E-state index contributed by atoms with van der Waals surface area (Å²) in [6, 6.07) is 0. The second kappa shape index (κ2) is 3.76. The van der Waals surface area contributed by atoms with Crippen LogP contribution >= 0.6 is 0 Å². The molecule has 0 radical (unpaired) electrons. The van der Waals surface area contributed by atoms with Gasteiger partial charge in [-0.3, -0.25) is 5.10 Å². The number of hydrogen-bond acceptors (Lipinski definition) is 1. The zero-order valence-corrected chi connectivity index (χ0v) is 9.43. The third kappa shape index (κ3) is 1.84. The molecule has 1 N–H and O–H groups in total. The summed E-state index contributed by atoms with van der Waals surface area (Å²) in [5, 5.41) is 7.65. The van der Waals surface area contributed by atoms with Crippen molar-refractivity contribution in [1.82, 2.24) is 10.2 Å². The van der Waals surface area contributed by atoms with Crippen LogP contribution in [0.1, 0.15) is 44.1 Å². The van der Waals surface area contributed by atoms with Crippen molar-refractivity contribution in [2.24, 2.45) is 11.8 Å². The van der Waals surface area contributed by atoms with E-state index < -0.39 is 0 Å². The van der Waals surface area contributed by atoms with Gasteiger partial charge in [-0.25, -0.2) is 0 Å². The van der Waals surface area contributed by atoms with Crippen LogP contribution in [0.15, 0.2) is 0 Å². The second-order valence-corrected chi connectivity index (χ2v) is 5.07. The largest absolute Gasteiger partial charge is 0.282 e. The lowest BCUT2D eigenvalue weighted by molar-refractivity contribution is 0.494. The molecular weight excluding hydrogens is 172 g/mol. The van der Waals surface area contributed by atoms with Crippen LogP contribution in [0.4, 0.5) is 0 Å². The van der Waals surface area contributed by atoms with Gasteiger partial charge in [0.1, 0.15) is 0 Å².